The second-order valence-electron chi connectivity index (χ2n) is 4.42. The number of hydrogen-bond acceptors (Lipinski definition) is 6. The maximum absolute atomic E-state index is 9.50. The molecule has 1 aromatic carbocycles. The zero-order valence-corrected chi connectivity index (χ0v) is 11.6. The summed E-state index contributed by atoms with van der Waals surface area (Å²) in [4.78, 5) is 8.13. The lowest BCUT2D eigenvalue weighted by Crippen LogP contribution is -1.98. The molecular formula is C13H13ClN4O3. The van der Waals surface area contributed by atoms with Gasteiger partial charge in [0, 0.05) is 12.7 Å². The topological polar surface area (TPSA) is 117 Å². The SMILES string of the molecule is Cl.Nc1nccc2c1ncn2Cc1cc(O)c(O)c(O)c1. The molecule has 0 spiro atoms. The highest BCUT2D eigenvalue weighted by Crippen LogP contribution is 2.35. The van der Waals surface area contributed by atoms with Crippen LogP contribution in [0.5, 0.6) is 17.2 Å². The van der Waals surface area contributed by atoms with E-state index >= 15 is 0 Å². The average molecular weight is 309 g/mol. The molecule has 0 aliphatic carbocycles. The zero-order chi connectivity index (χ0) is 14.3. The van der Waals surface area contributed by atoms with E-state index in [1.807, 2.05) is 0 Å². The van der Waals surface area contributed by atoms with Crippen molar-refractivity contribution in [3.05, 3.63) is 36.3 Å². The van der Waals surface area contributed by atoms with Crippen molar-refractivity contribution in [2.75, 3.05) is 5.73 Å². The molecule has 0 saturated carbocycles. The van der Waals surface area contributed by atoms with E-state index in [9.17, 15) is 15.3 Å². The molecule has 0 aliphatic rings. The summed E-state index contributed by atoms with van der Waals surface area (Å²) in [7, 11) is 0. The Labute approximate surface area is 125 Å². The van der Waals surface area contributed by atoms with Gasteiger partial charge in [0.1, 0.15) is 5.52 Å². The minimum atomic E-state index is -0.530. The van der Waals surface area contributed by atoms with Gasteiger partial charge in [0.25, 0.3) is 0 Å². The number of pyridine rings is 1. The van der Waals surface area contributed by atoms with E-state index < -0.39 is 5.75 Å². The fourth-order valence-corrected chi connectivity index (χ4v) is 2.09. The van der Waals surface area contributed by atoms with Gasteiger partial charge < -0.3 is 25.6 Å². The number of nitrogen functional groups attached to an aromatic ring is 1. The third-order valence-corrected chi connectivity index (χ3v) is 3.05. The van der Waals surface area contributed by atoms with Crippen LogP contribution >= 0.6 is 12.4 Å². The summed E-state index contributed by atoms with van der Waals surface area (Å²) >= 11 is 0. The molecule has 3 rings (SSSR count). The molecule has 3 aromatic rings. The number of aromatic nitrogens is 3. The lowest BCUT2D eigenvalue weighted by Gasteiger charge is -2.07. The Hall–Kier alpha value is -2.67. The lowest BCUT2D eigenvalue weighted by atomic mass is 10.2. The minimum Gasteiger partial charge on any atom is -0.504 e. The van der Waals surface area contributed by atoms with Gasteiger partial charge in [0.15, 0.2) is 23.1 Å². The molecule has 0 atom stereocenters. The van der Waals surface area contributed by atoms with Gasteiger partial charge in [0.05, 0.1) is 11.8 Å². The molecule has 0 unspecified atom stereocenters. The van der Waals surface area contributed by atoms with Gasteiger partial charge in [-0.25, -0.2) is 9.97 Å². The number of fused-ring (bicyclic) bond motifs is 1. The first kappa shape index (κ1) is 14.7. The first-order valence-corrected chi connectivity index (χ1v) is 5.85. The number of aromatic hydroxyl groups is 3. The third kappa shape index (κ3) is 2.50. The van der Waals surface area contributed by atoms with Crippen molar-refractivity contribution in [3.63, 3.8) is 0 Å². The molecule has 7 nitrogen and oxygen atoms in total. The molecule has 5 N–H and O–H groups in total. The van der Waals surface area contributed by atoms with Gasteiger partial charge in [-0.2, -0.15) is 0 Å². The van der Waals surface area contributed by atoms with Crippen LogP contribution in [0, 0.1) is 0 Å². The number of halogens is 1. The molecule has 0 amide bonds. The predicted octanol–water partition coefficient (Wildman–Crippen LogP) is 1.60. The lowest BCUT2D eigenvalue weighted by molar-refractivity contribution is 0.367. The van der Waals surface area contributed by atoms with Gasteiger partial charge in [0.2, 0.25) is 0 Å². The molecule has 2 aromatic heterocycles. The monoisotopic (exact) mass is 308 g/mol. The average Bonchev–Trinajstić information content (AvgIpc) is 2.81. The third-order valence-electron chi connectivity index (χ3n) is 3.05. The van der Waals surface area contributed by atoms with E-state index in [-0.39, 0.29) is 23.9 Å². The second-order valence-corrected chi connectivity index (χ2v) is 4.42. The molecular weight excluding hydrogens is 296 g/mol. The minimum absolute atomic E-state index is 0. The normalized spacial score (nSPS) is 10.5. The summed E-state index contributed by atoms with van der Waals surface area (Å²) in [5, 5.41) is 28.3. The van der Waals surface area contributed by atoms with Gasteiger partial charge in [-0.15, -0.1) is 12.4 Å². The second kappa shape index (κ2) is 5.37. The summed E-state index contributed by atoms with van der Waals surface area (Å²) in [5.41, 5.74) is 7.74. The number of rotatable bonds is 2. The Morgan fingerprint density at radius 1 is 1.10 bits per heavy atom. The summed E-state index contributed by atoms with van der Waals surface area (Å²) in [6.45, 7) is 0.362. The number of imidazole rings is 1. The Morgan fingerprint density at radius 2 is 1.76 bits per heavy atom. The Balaban J connectivity index is 0.00000161. The summed E-state index contributed by atoms with van der Waals surface area (Å²) in [6.07, 6.45) is 3.19. The molecule has 0 bridgehead atoms. The summed E-state index contributed by atoms with van der Waals surface area (Å²) in [5.74, 6) is -0.925. The number of anilines is 1. The summed E-state index contributed by atoms with van der Waals surface area (Å²) < 4.78 is 1.80. The molecule has 2 heterocycles. The molecule has 0 aliphatic heterocycles. The Morgan fingerprint density at radius 3 is 2.43 bits per heavy atom. The van der Waals surface area contributed by atoms with E-state index in [0.717, 1.165) is 5.52 Å². The van der Waals surface area contributed by atoms with Crippen LogP contribution in [0.2, 0.25) is 0 Å². The first-order valence-electron chi connectivity index (χ1n) is 5.85. The Bertz CT molecular complexity index is 780. The largest absolute Gasteiger partial charge is 0.504 e. The van der Waals surface area contributed by atoms with Crippen LogP contribution < -0.4 is 5.73 Å². The molecule has 0 saturated heterocycles. The molecule has 21 heavy (non-hydrogen) atoms. The zero-order valence-electron chi connectivity index (χ0n) is 10.8. The number of nitrogens with two attached hydrogens (primary N) is 1. The number of phenols is 3. The van der Waals surface area contributed by atoms with Crippen molar-refractivity contribution in [1.82, 2.24) is 14.5 Å². The van der Waals surface area contributed by atoms with Gasteiger partial charge in [-0.1, -0.05) is 0 Å². The van der Waals surface area contributed by atoms with Crippen LogP contribution in [0.15, 0.2) is 30.7 Å². The van der Waals surface area contributed by atoms with Crippen molar-refractivity contribution in [2.24, 2.45) is 0 Å². The van der Waals surface area contributed by atoms with E-state index in [4.69, 9.17) is 5.73 Å². The van der Waals surface area contributed by atoms with Gasteiger partial charge in [-0.3, -0.25) is 0 Å². The smallest absolute Gasteiger partial charge is 0.200 e. The molecule has 0 radical (unpaired) electrons. The fourth-order valence-electron chi connectivity index (χ4n) is 2.09. The van der Waals surface area contributed by atoms with Crippen molar-refractivity contribution < 1.29 is 15.3 Å². The van der Waals surface area contributed by atoms with Crippen LogP contribution in [0.1, 0.15) is 5.56 Å². The van der Waals surface area contributed by atoms with Crippen LogP contribution in [-0.2, 0) is 6.54 Å². The fraction of sp³-hybridized carbons (Fsp3) is 0.0769. The van der Waals surface area contributed by atoms with E-state index in [0.29, 0.717) is 23.4 Å². The highest BCUT2D eigenvalue weighted by molar-refractivity contribution is 5.85. The van der Waals surface area contributed by atoms with E-state index in [2.05, 4.69) is 9.97 Å². The quantitative estimate of drug-likeness (QED) is 0.534. The van der Waals surface area contributed by atoms with Crippen LogP contribution in [0.25, 0.3) is 11.0 Å². The van der Waals surface area contributed by atoms with Crippen molar-refractivity contribution in [3.8, 4) is 17.2 Å². The molecule has 110 valence electrons. The van der Waals surface area contributed by atoms with E-state index in [1.54, 1.807) is 23.2 Å². The predicted molar refractivity (Wildman–Crippen MR) is 79.7 cm³/mol. The van der Waals surface area contributed by atoms with Crippen LogP contribution in [0.4, 0.5) is 5.82 Å². The maximum atomic E-state index is 9.50. The first-order chi connectivity index (χ1) is 9.56. The Kier molecular flexibility index (Phi) is 3.77. The van der Waals surface area contributed by atoms with Crippen molar-refractivity contribution in [2.45, 2.75) is 6.54 Å². The van der Waals surface area contributed by atoms with Gasteiger partial charge in [-0.05, 0) is 23.8 Å². The maximum Gasteiger partial charge on any atom is 0.200 e. The van der Waals surface area contributed by atoms with Crippen molar-refractivity contribution >= 4 is 29.3 Å². The van der Waals surface area contributed by atoms with Crippen LogP contribution in [0.3, 0.4) is 0 Å². The standard InChI is InChI=1S/C13H12N4O3.ClH/c14-13-11-8(1-2-15-13)17(6-16-11)5-7-3-9(18)12(20)10(19)4-7;/h1-4,6,18-20H,5H2,(H2,14,15);1H. The number of phenolic OH excluding ortho intramolecular Hbond substituents is 3. The molecule has 8 heteroatoms. The number of nitrogens with zero attached hydrogens (tertiary/aromatic N) is 3. The highest BCUT2D eigenvalue weighted by atomic mass is 35.5. The van der Waals surface area contributed by atoms with Crippen LogP contribution in [-0.4, -0.2) is 29.9 Å². The van der Waals surface area contributed by atoms with E-state index in [1.165, 1.54) is 12.1 Å². The highest BCUT2D eigenvalue weighted by Gasteiger charge is 2.10. The number of hydrogen-bond donors (Lipinski definition) is 4. The number of benzene rings is 1. The van der Waals surface area contributed by atoms with Gasteiger partial charge >= 0.3 is 0 Å². The summed E-state index contributed by atoms with van der Waals surface area (Å²) in [6, 6.07) is 4.54. The molecule has 0 fully saturated rings. The van der Waals surface area contributed by atoms with Crippen molar-refractivity contribution in [1.29, 1.82) is 0 Å².